The molecule has 2 saturated heterocycles. The molecule has 3 heterocycles. The van der Waals surface area contributed by atoms with E-state index >= 15 is 0 Å². The number of aromatic nitrogens is 1. The standard InChI is InChI=1S/C16H19N3O2S/c1-18-13-8-19(7-6-11(13)10-21-16(18)20)9-15-17-12-4-2-3-5-14(12)22-15/h2-5,11,13H,6-10H2,1H3/t11-,13+/m0/s1. The Labute approximate surface area is 133 Å². The number of carbonyl (C=O) groups excluding carboxylic acids is 1. The fraction of sp³-hybridized carbons (Fsp3) is 0.500. The maximum atomic E-state index is 11.7. The number of fused-ring (bicyclic) bond motifs is 2. The summed E-state index contributed by atoms with van der Waals surface area (Å²) in [5.41, 5.74) is 1.08. The predicted molar refractivity (Wildman–Crippen MR) is 85.9 cm³/mol. The molecule has 0 N–H and O–H groups in total. The van der Waals surface area contributed by atoms with Crippen LogP contribution in [-0.2, 0) is 11.3 Å². The zero-order valence-electron chi connectivity index (χ0n) is 12.6. The van der Waals surface area contributed by atoms with Crippen molar-refractivity contribution in [1.29, 1.82) is 0 Å². The molecule has 6 heteroatoms. The molecule has 1 aromatic carbocycles. The fourth-order valence-electron chi connectivity index (χ4n) is 3.42. The van der Waals surface area contributed by atoms with Gasteiger partial charge in [0.25, 0.3) is 0 Å². The number of carbonyl (C=O) groups is 1. The van der Waals surface area contributed by atoms with Crippen LogP contribution in [0.5, 0.6) is 0 Å². The van der Waals surface area contributed by atoms with Crippen molar-refractivity contribution in [2.75, 3.05) is 26.7 Å². The molecular formula is C16H19N3O2S. The Kier molecular flexibility index (Phi) is 3.50. The van der Waals surface area contributed by atoms with Gasteiger partial charge in [-0.2, -0.15) is 0 Å². The Balaban J connectivity index is 1.48. The summed E-state index contributed by atoms with van der Waals surface area (Å²) in [4.78, 5) is 20.6. The summed E-state index contributed by atoms with van der Waals surface area (Å²) in [6, 6.07) is 8.53. The maximum absolute atomic E-state index is 11.7. The monoisotopic (exact) mass is 317 g/mol. The molecule has 5 nitrogen and oxygen atoms in total. The average Bonchev–Trinajstić information content (AvgIpc) is 2.93. The second-order valence-electron chi connectivity index (χ2n) is 6.11. The van der Waals surface area contributed by atoms with E-state index < -0.39 is 0 Å². The van der Waals surface area contributed by atoms with Crippen LogP contribution in [0.1, 0.15) is 11.4 Å². The molecule has 0 saturated carbocycles. The highest BCUT2D eigenvalue weighted by atomic mass is 32.1. The Hall–Kier alpha value is -1.66. The lowest BCUT2D eigenvalue weighted by atomic mass is 9.90. The number of benzene rings is 1. The van der Waals surface area contributed by atoms with E-state index in [2.05, 4.69) is 23.1 Å². The molecule has 0 spiro atoms. The third-order valence-electron chi connectivity index (χ3n) is 4.71. The molecule has 1 amide bonds. The lowest BCUT2D eigenvalue weighted by Crippen LogP contribution is -2.57. The van der Waals surface area contributed by atoms with Crippen LogP contribution in [0.25, 0.3) is 10.2 Å². The van der Waals surface area contributed by atoms with Crippen LogP contribution < -0.4 is 0 Å². The van der Waals surface area contributed by atoms with Gasteiger partial charge < -0.3 is 9.64 Å². The number of hydrogen-bond donors (Lipinski definition) is 0. The van der Waals surface area contributed by atoms with Gasteiger partial charge in [-0.1, -0.05) is 12.1 Å². The number of nitrogens with zero attached hydrogens (tertiary/aromatic N) is 3. The van der Waals surface area contributed by atoms with Crippen LogP contribution >= 0.6 is 11.3 Å². The third-order valence-corrected chi connectivity index (χ3v) is 5.73. The molecule has 2 atom stereocenters. The molecular weight excluding hydrogens is 298 g/mol. The average molecular weight is 317 g/mol. The molecule has 2 aromatic rings. The first-order valence-corrected chi connectivity index (χ1v) is 8.49. The largest absolute Gasteiger partial charge is 0.449 e. The van der Waals surface area contributed by atoms with Crippen LogP contribution in [0.15, 0.2) is 24.3 Å². The number of amides is 1. The topological polar surface area (TPSA) is 45.7 Å². The van der Waals surface area contributed by atoms with Crippen molar-refractivity contribution in [3.8, 4) is 0 Å². The lowest BCUT2D eigenvalue weighted by molar-refractivity contribution is -0.0197. The number of cyclic esters (lactones) is 1. The Bertz CT molecular complexity index is 669. The molecule has 2 aliphatic heterocycles. The Morgan fingerprint density at radius 1 is 1.41 bits per heavy atom. The van der Waals surface area contributed by atoms with Crippen molar-refractivity contribution >= 4 is 27.6 Å². The number of para-hydroxylation sites is 1. The van der Waals surface area contributed by atoms with Gasteiger partial charge in [0.15, 0.2) is 0 Å². The summed E-state index contributed by atoms with van der Waals surface area (Å²) in [6.45, 7) is 3.39. The van der Waals surface area contributed by atoms with E-state index in [-0.39, 0.29) is 12.1 Å². The summed E-state index contributed by atoms with van der Waals surface area (Å²) >= 11 is 1.76. The second kappa shape index (κ2) is 5.52. The quantitative estimate of drug-likeness (QED) is 0.854. The highest BCUT2D eigenvalue weighted by molar-refractivity contribution is 7.18. The van der Waals surface area contributed by atoms with E-state index in [0.717, 1.165) is 36.6 Å². The van der Waals surface area contributed by atoms with Crippen LogP contribution in [0.3, 0.4) is 0 Å². The smallest absolute Gasteiger partial charge is 0.409 e. The Morgan fingerprint density at radius 2 is 2.27 bits per heavy atom. The summed E-state index contributed by atoms with van der Waals surface area (Å²) in [5, 5.41) is 1.15. The minimum Gasteiger partial charge on any atom is -0.449 e. The molecule has 2 fully saturated rings. The van der Waals surface area contributed by atoms with Gasteiger partial charge >= 0.3 is 6.09 Å². The molecule has 0 unspecified atom stereocenters. The molecule has 22 heavy (non-hydrogen) atoms. The number of likely N-dealkylation sites (N-methyl/N-ethyl adjacent to an activating group) is 1. The molecule has 2 aliphatic rings. The third kappa shape index (κ3) is 2.46. The van der Waals surface area contributed by atoms with Crippen molar-refractivity contribution < 1.29 is 9.53 Å². The minimum absolute atomic E-state index is 0.192. The van der Waals surface area contributed by atoms with Gasteiger partial charge in [0, 0.05) is 19.5 Å². The number of ether oxygens (including phenoxy) is 1. The van der Waals surface area contributed by atoms with E-state index in [0.29, 0.717) is 12.5 Å². The van der Waals surface area contributed by atoms with Crippen molar-refractivity contribution in [3.05, 3.63) is 29.3 Å². The molecule has 116 valence electrons. The molecule has 0 aliphatic carbocycles. The highest BCUT2D eigenvalue weighted by Gasteiger charge is 2.39. The highest BCUT2D eigenvalue weighted by Crippen LogP contribution is 2.29. The van der Waals surface area contributed by atoms with Gasteiger partial charge in [-0.3, -0.25) is 4.90 Å². The Morgan fingerprint density at radius 3 is 3.14 bits per heavy atom. The van der Waals surface area contributed by atoms with Crippen molar-refractivity contribution in [2.45, 2.75) is 19.0 Å². The minimum atomic E-state index is -0.192. The summed E-state index contributed by atoms with van der Waals surface area (Å²) in [6.07, 6.45) is 0.885. The normalized spacial score (nSPS) is 26.0. The molecule has 1 aromatic heterocycles. The van der Waals surface area contributed by atoms with Crippen LogP contribution in [0.4, 0.5) is 4.79 Å². The number of thiazole rings is 1. The van der Waals surface area contributed by atoms with Gasteiger partial charge in [0.1, 0.15) is 5.01 Å². The summed E-state index contributed by atoms with van der Waals surface area (Å²) in [7, 11) is 1.85. The summed E-state index contributed by atoms with van der Waals surface area (Å²) < 4.78 is 6.45. The van der Waals surface area contributed by atoms with Crippen molar-refractivity contribution in [3.63, 3.8) is 0 Å². The van der Waals surface area contributed by atoms with Gasteiger partial charge in [-0.25, -0.2) is 9.78 Å². The number of hydrogen-bond acceptors (Lipinski definition) is 5. The van der Waals surface area contributed by atoms with Crippen LogP contribution in [0, 0.1) is 5.92 Å². The van der Waals surface area contributed by atoms with Crippen molar-refractivity contribution in [1.82, 2.24) is 14.8 Å². The van der Waals surface area contributed by atoms with E-state index in [1.165, 1.54) is 4.70 Å². The fourth-order valence-corrected chi connectivity index (χ4v) is 4.43. The molecule has 0 radical (unpaired) electrons. The number of likely N-dealkylation sites (tertiary alicyclic amines) is 1. The van der Waals surface area contributed by atoms with Gasteiger partial charge in [-0.15, -0.1) is 11.3 Å². The van der Waals surface area contributed by atoms with Crippen LogP contribution in [-0.4, -0.2) is 53.7 Å². The summed E-state index contributed by atoms with van der Waals surface area (Å²) in [5.74, 6) is 0.467. The van der Waals surface area contributed by atoms with Crippen LogP contribution in [0.2, 0.25) is 0 Å². The zero-order valence-corrected chi connectivity index (χ0v) is 13.4. The second-order valence-corrected chi connectivity index (χ2v) is 7.23. The van der Waals surface area contributed by atoms with Gasteiger partial charge in [-0.05, 0) is 25.1 Å². The SMILES string of the molecule is CN1C(=O)OC[C@@H]2CCN(Cc3nc4ccccc4s3)C[C@H]21. The van der Waals surface area contributed by atoms with E-state index in [9.17, 15) is 4.79 Å². The maximum Gasteiger partial charge on any atom is 0.409 e. The predicted octanol–water partition coefficient (Wildman–Crippen LogP) is 2.57. The first kappa shape index (κ1) is 14.0. The van der Waals surface area contributed by atoms with Gasteiger partial charge in [0.05, 0.1) is 29.4 Å². The van der Waals surface area contributed by atoms with E-state index in [1.807, 2.05) is 13.1 Å². The number of rotatable bonds is 2. The first-order chi connectivity index (χ1) is 10.7. The van der Waals surface area contributed by atoms with E-state index in [4.69, 9.17) is 9.72 Å². The van der Waals surface area contributed by atoms with E-state index in [1.54, 1.807) is 16.2 Å². The zero-order chi connectivity index (χ0) is 15.1. The van der Waals surface area contributed by atoms with Gasteiger partial charge in [0.2, 0.25) is 0 Å². The lowest BCUT2D eigenvalue weighted by Gasteiger charge is -2.44. The first-order valence-electron chi connectivity index (χ1n) is 7.67. The molecule has 4 rings (SSSR count). The number of piperidine rings is 1. The molecule has 0 bridgehead atoms. The van der Waals surface area contributed by atoms with Crippen molar-refractivity contribution in [2.24, 2.45) is 5.92 Å².